The fraction of sp³-hybridized carbons (Fsp3) is 0.471. The topological polar surface area (TPSA) is 60.2 Å². The van der Waals surface area contributed by atoms with Gasteiger partial charge in [0.2, 0.25) is 0 Å². The van der Waals surface area contributed by atoms with Gasteiger partial charge in [-0.1, -0.05) is 30.0 Å². The van der Waals surface area contributed by atoms with Crippen molar-refractivity contribution in [1.29, 1.82) is 0 Å². The SMILES string of the molecule is COC(=O)C(C)Sc1nnc(CN2CCCC2)n1-c1ccccc1. The molecule has 6 nitrogen and oxygen atoms in total. The minimum atomic E-state index is -0.332. The van der Waals surface area contributed by atoms with E-state index in [1.54, 1.807) is 0 Å². The summed E-state index contributed by atoms with van der Waals surface area (Å²) in [6, 6.07) is 10.0. The molecule has 0 radical (unpaired) electrons. The molecule has 1 fully saturated rings. The lowest BCUT2D eigenvalue weighted by Gasteiger charge is -2.16. The average molecular weight is 346 g/mol. The second kappa shape index (κ2) is 7.81. The summed E-state index contributed by atoms with van der Waals surface area (Å²) in [7, 11) is 1.40. The van der Waals surface area contributed by atoms with Gasteiger partial charge < -0.3 is 4.74 Å². The van der Waals surface area contributed by atoms with Crippen LogP contribution in [-0.2, 0) is 16.1 Å². The summed E-state index contributed by atoms with van der Waals surface area (Å²) in [4.78, 5) is 14.1. The Morgan fingerprint density at radius 1 is 1.25 bits per heavy atom. The third-order valence-electron chi connectivity index (χ3n) is 4.09. The number of methoxy groups -OCH3 is 1. The molecule has 0 amide bonds. The molecule has 128 valence electrons. The first-order valence-electron chi connectivity index (χ1n) is 8.15. The molecule has 2 aromatic rings. The van der Waals surface area contributed by atoms with E-state index < -0.39 is 0 Å². The van der Waals surface area contributed by atoms with Crippen LogP contribution in [0.1, 0.15) is 25.6 Å². The van der Waals surface area contributed by atoms with Crippen LogP contribution in [0.4, 0.5) is 0 Å². The minimum absolute atomic E-state index is 0.260. The Bertz CT molecular complexity index is 683. The summed E-state index contributed by atoms with van der Waals surface area (Å²) in [6.45, 7) is 4.79. The van der Waals surface area contributed by atoms with Crippen LogP contribution in [0.2, 0.25) is 0 Å². The van der Waals surface area contributed by atoms with Crippen molar-refractivity contribution in [2.75, 3.05) is 20.2 Å². The van der Waals surface area contributed by atoms with Gasteiger partial charge >= 0.3 is 5.97 Å². The third kappa shape index (κ3) is 3.79. The quantitative estimate of drug-likeness (QED) is 0.592. The van der Waals surface area contributed by atoms with Gasteiger partial charge in [0.25, 0.3) is 0 Å². The molecule has 3 rings (SSSR count). The summed E-state index contributed by atoms with van der Waals surface area (Å²) < 4.78 is 6.86. The van der Waals surface area contributed by atoms with Gasteiger partial charge in [-0.05, 0) is 45.0 Å². The standard InChI is InChI=1S/C17H22N4O2S/c1-13(16(22)23-2)24-17-19-18-15(12-20-10-6-7-11-20)21(17)14-8-4-3-5-9-14/h3-5,8-9,13H,6-7,10-12H2,1-2H3. The predicted octanol–water partition coefficient (Wildman–Crippen LogP) is 2.52. The number of ether oxygens (including phenoxy) is 1. The summed E-state index contributed by atoms with van der Waals surface area (Å²) in [5.74, 6) is 0.645. The maximum atomic E-state index is 11.7. The van der Waals surface area contributed by atoms with Crippen molar-refractivity contribution in [2.45, 2.75) is 36.7 Å². The van der Waals surface area contributed by atoms with Gasteiger partial charge in [-0.3, -0.25) is 14.3 Å². The summed E-state index contributed by atoms with van der Waals surface area (Å²) in [5.41, 5.74) is 1.01. The monoisotopic (exact) mass is 346 g/mol. The molecule has 1 aliphatic heterocycles. The zero-order chi connectivity index (χ0) is 16.9. The number of hydrogen-bond donors (Lipinski definition) is 0. The molecule has 0 N–H and O–H groups in total. The number of rotatable bonds is 6. The Morgan fingerprint density at radius 3 is 2.62 bits per heavy atom. The smallest absolute Gasteiger partial charge is 0.318 e. The second-order valence-electron chi connectivity index (χ2n) is 5.84. The highest BCUT2D eigenvalue weighted by Crippen LogP contribution is 2.27. The zero-order valence-electron chi connectivity index (χ0n) is 14.0. The molecule has 0 aliphatic carbocycles. The van der Waals surface area contributed by atoms with Crippen molar-refractivity contribution in [3.05, 3.63) is 36.2 Å². The fourth-order valence-corrected chi connectivity index (χ4v) is 3.74. The second-order valence-corrected chi connectivity index (χ2v) is 7.14. The minimum Gasteiger partial charge on any atom is -0.468 e. The molecule has 1 atom stereocenters. The Morgan fingerprint density at radius 2 is 1.96 bits per heavy atom. The highest BCUT2D eigenvalue weighted by atomic mass is 32.2. The summed E-state index contributed by atoms with van der Waals surface area (Å²) in [6.07, 6.45) is 2.47. The number of thioether (sulfide) groups is 1. The molecule has 0 bridgehead atoms. The molecule has 1 unspecified atom stereocenters. The Hall–Kier alpha value is -1.86. The van der Waals surface area contributed by atoms with E-state index in [1.807, 2.05) is 41.8 Å². The van der Waals surface area contributed by atoms with E-state index in [-0.39, 0.29) is 11.2 Å². The van der Waals surface area contributed by atoms with Gasteiger partial charge in [-0.2, -0.15) is 0 Å². The molecule has 0 spiro atoms. The van der Waals surface area contributed by atoms with E-state index in [2.05, 4.69) is 15.1 Å². The van der Waals surface area contributed by atoms with Gasteiger partial charge in [-0.25, -0.2) is 0 Å². The molecule has 24 heavy (non-hydrogen) atoms. The molecule has 1 aromatic carbocycles. The number of likely N-dealkylation sites (tertiary alicyclic amines) is 1. The van der Waals surface area contributed by atoms with E-state index >= 15 is 0 Å². The lowest BCUT2D eigenvalue weighted by molar-refractivity contribution is -0.139. The normalized spacial score (nSPS) is 16.2. The van der Waals surface area contributed by atoms with Gasteiger partial charge in [0.1, 0.15) is 5.25 Å². The fourth-order valence-electron chi connectivity index (χ4n) is 2.83. The van der Waals surface area contributed by atoms with Crippen LogP contribution in [-0.4, -0.2) is 51.1 Å². The third-order valence-corrected chi connectivity index (χ3v) is 5.11. The van der Waals surface area contributed by atoms with Crippen LogP contribution in [0.5, 0.6) is 0 Å². The first-order valence-corrected chi connectivity index (χ1v) is 9.03. The summed E-state index contributed by atoms with van der Waals surface area (Å²) >= 11 is 1.37. The first-order chi connectivity index (χ1) is 11.7. The molecule has 1 aliphatic rings. The van der Waals surface area contributed by atoms with Gasteiger partial charge in [-0.15, -0.1) is 10.2 Å². The largest absolute Gasteiger partial charge is 0.468 e. The van der Waals surface area contributed by atoms with E-state index in [4.69, 9.17) is 4.74 Å². The number of esters is 1. The Balaban J connectivity index is 1.90. The number of aromatic nitrogens is 3. The first kappa shape index (κ1) is 17.0. The van der Waals surface area contributed by atoms with Crippen molar-refractivity contribution in [1.82, 2.24) is 19.7 Å². The van der Waals surface area contributed by atoms with Crippen LogP contribution < -0.4 is 0 Å². The highest BCUT2D eigenvalue weighted by molar-refractivity contribution is 8.00. The Kier molecular flexibility index (Phi) is 5.52. The maximum absolute atomic E-state index is 11.7. The van der Waals surface area contributed by atoms with E-state index in [1.165, 1.54) is 31.7 Å². The van der Waals surface area contributed by atoms with Gasteiger partial charge in [0, 0.05) is 5.69 Å². The number of hydrogen-bond acceptors (Lipinski definition) is 6. The van der Waals surface area contributed by atoms with Crippen LogP contribution in [0.3, 0.4) is 0 Å². The van der Waals surface area contributed by atoms with Crippen LogP contribution in [0.25, 0.3) is 5.69 Å². The maximum Gasteiger partial charge on any atom is 0.318 e. The average Bonchev–Trinajstić information content (AvgIpc) is 3.25. The summed E-state index contributed by atoms with van der Waals surface area (Å²) in [5, 5.41) is 9.11. The lowest BCUT2D eigenvalue weighted by Crippen LogP contribution is -2.21. The van der Waals surface area contributed by atoms with E-state index in [0.717, 1.165) is 31.1 Å². The molecule has 2 heterocycles. The lowest BCUT2D eigenvalue weighted by atomic mass is 10.3. The highest BCUT2D eigenvalue weighted by Gasteiger charge is 2.23. The number of para-hydroxylation sites is 1. The Labute approximate surface area is 146 Å². The van der Waals surface area contributed by atoms with Gasteiger partial charge in [0.05, 0.1) is 13.7 Å². The predicted molar refractivity (Wildman–Crippen MR) is 93.2 cm³/mol. The molecular formula is C17H22N4O2S. The van der Waals surface area contributed by atoms with E-state index in [0.29, 0.717) is 5.16 Å². The molecular weight excluding hydrogens is 324 g/mol. The van der Waals surface area contributed by atoms with Crippen LogP contribution >= 0.6 is 11.8 Å². The van der Waals surface area contributed by atoms with E-state index in [9.17, 15) is 4.79 Å². The van der Waals surface area contributed by atoms with Crippen LogP contribution in [0.15, 0.2) is 35.5 Å². The van der Waals surface area contributed by atoms with Crippen molar-refractivity contribution in [2.24, 2.45) is 0 Å². The van der Waals surface area contributed by atoms with Crippen molar-refractivity contribution in [3.8, 4) is 5.69 Å². The van der Waals surface area contributed by atoms with Crippen molar-refractivity contribution < 1.29 is 9.53 Å². The number of carbonyl (C=O) groups is 1. The molecule has 7 heteroatoms. The molecule has 1 saturated heterocycles. The number of nitrogens with zero attached hydrogens (tertiary/aromatic N) is 4. The molecule has 0 saturated carbocycles. The van der Waals surface area contributed by atoms with Crippen molar-refractivity contribution >= 4 is 17.7 Å². The van der Waals surface area contributed by atoms with Crippen molar-refractivity contribution in [3.63, 3.8) is 0 Å². The molecule has 1 aromatic heterocycles. The van der Waals surface area contributed by atoms with Gasteiger partial charge in [0.15, 0.2) is 11.0 Å². The number of carbonyl (C=O) groups excluding carboxylic acids is 1. The number of benzene rings is 1. The zero-order valence-corrected chi connectivity index (χ0v) is 14.8. The van der Waals surface area contributed by atoms with Crippen LogP contribution in [0, 0.1) is 0 Å².